The van der Waals surface area contributed by atoms with Crippen LogP contribution >= 0.6 is 0 Å². The molecule has 4 nitrogen and oxygen atoms in total. The minimum atomic E-state index is -0.821. The van der Waals surface area contributed by atoms with Crippen LogP contribution in [0.15, 0.2) is 66.8 Å². The number of carbonyl (C=O) groups is 1. The Morgan fingerprint density at radius 2 is 2.03 bits per heavy atom. The summed E-state index contributed by atoms with van der Waals surface area (Å²) < 4.78 is 5.91. The van der Waals surface area contributed by atoms with Gasteiger partial charge < -0.3 is 14.9 Å². The summed E-state index contributed by atoms with van der Waals surface area (Å²) >= 11 is 0. The fourth-order valence-electron chi connectivity index (χ4n) is 3.56. The fraction of sp³-hybridized carbons (Fsp3) is 0.320. The molecule has 0 bridgehead atoms. The zero-order valence-electron chi connectivity index (χ0n) is 16.8. The Labute approximate surface area is 172 Å². The molecule has 29 heavy (non-hydrogen) atoms. The number of aliphatic carboxylic acids is 1. The van der Waals surface area contributed by atoms with Gasteiger partial charge in [-0.2, -0.15) is 0 Å². The third-order valence-electron chi connectivity index (χ3n) is 5.27. The lowest BCUT2D eigenvalue weighted by Crippen LogP contribution is -2.10. The zero-order valence-corrected chi connectivity index (χ0v) is 16.8. The molecular formula is C25H28O4. The molecule has 0 aliphatic heterocycles. The fourth-order valence-corrected chi connectivity index (χ4v) is 3.56. The van der Waals surface area contributed by atoms with Gasteiger partial charge in [-0.15, -0.1) is 0 Å². The van der Waals surface area contributed by atoms with Gasteiger partial charge in [-0.3, -0.25) is 4.79 Å². The van der Waals surface area contributed by atoms with Gasteiger partial charge in [-0.25, -0.2) is 0 Å². The number of hydrogen-bond donors (Lipinski definition) is 2. The second-order valence-corrected chi connectivity index (χ2v) is 7.41. The van der Waals surface area contributed by atoms with Gasteiger partial charge in [0, 0.05) is 0 Å². The van der Waals surface area contributed by atoms with Crippen molar-refractivity contribution in [2.45, 2.75) is 51.2 Å². The average molecular weight is 392 g/mol. The largest absolute Gasteiger partial charge is 0.489 e. The quantitative estimate of drug-likeness (QED) is 0.596. The van der Waals surface area contributed by atoms with E-state index in [0.29, 0.717) is 25.2 Å². The highest BCUT2D eigenvalue weighted by molar-refractivity contribution is 5.76. The number of aliphatic hydroxyl groups excluding tert-OH is 1. The van der Waals surface area contributed by atoms with Crippen molar-refractivity contribution in [1.82, 2.24) is 0 Å². The number of allylic oxidation sites excluding steroid dienone is 3. The molecular weight excluding hydrogens is 364 g/mol. The van der Waals surface area contributed by atoms with Gasteiger partial charge in [-0.05, 0) is 73.1 Å². The number of benzene rings is 2. The topological polar surface area (TPSA) is 66.8 Å². The third-order valence-corrected chi connectivity index (χ3v) is 5.27. The maximum atomic E-state index is 11.5. The van der Waals surface area contributed by atoms with E-state index in [0.717, 1.165) is 24.0 Å². The number of carboxylic acids is 1. The molecule has 0 aromatic heterocycles. The molecule has 1 aliphatic carbocycles. The molecule has 2 unspecified atom stereocenters. The summed E-state index contributed by atoms with van der Waals surface area (Å²) in [6, 6.07) is 15.6. The molecule has 0 heterocycles. The van der Waals surface area contributed by atoms with Crippen molar-refractivity contribution in [3.05, 3.63) is 83.4 Å². The molecule has 0 saturated heterocycles. The van der Waals surface area contributed by atoms with E-state index in [1.165, 1.54) is 11.1 Å². The number of carboxylic acid groups (broad SMARTS) is 1. The summed E-state index contributed by atoms with van der Waals surface area (Å²) in [5.74, 6) is -0.647. The molecule has 2 atom stereocenters. The highest BCUT2D eigenvalue weighted by atomic mass is 16.5. The van der Waals surface area contributed by atoms with Crippen molar-refractivity contribution < 1.29 is 19.7 Å². The van der Waals surface area contributed by atoms with Crippen molar-refractivity contribution in [2.24, 2.45) is 0 Å². The summed E-state index contributed by atoms with van der Waals surface area (Å²) in [7, 11) is 0. The average Bonchev–Trinajstić information content (AvgIpc) is 2.74. The van der Waals surface area contributed by atoms with Crippen LogP contribution in [0.25, 0.3) is 5.57 Å². The van der Waals surface area contributed by atoms with Crippen LogP contribution < -0.4 is 4.74 Å². The predicted molar refractivity (Wildman–Crippen MR) is 115 cm³/mol. The third kappa shape index (κ3) is 5.81. The van der Waals surface area contributed by atoms with Gasteiger partial charge in [0.1, 0.15) is 12.4 Å². The van der Waals surface area contributed by atoms with E-state index in [1.54, 1.807) is 0 Å². The summed E-state index contributed by atoms with van der Waals surface area (Å²) in [6.07, 6.45) is 8.55. The zero-order chi connectivity index (χ0) is 20.6. The van der Waals surface area contributed by atoms with Crippen molar-refractivity contribution in [1.29, 1.82) is 0 Å². The van der Waals surface area contributed by atoms with Crippen molar-refractivity contribution in [2.75, 3.05) is 0 Å². The Bertz CT molecular complexity index is 880. The van der Waals surface area contributed by atoms with Crippen LogP contribution in [0.4, 0.5) is 0 Å². The minimum absolute atomic E-state index is 0.216. The first-order chi connectivity index (χ1) is 14.1. The molecule has 2 aromatic rings. The number of ether oxygens (including phenoxy) is 1. The van der Waals surface area contributed by atoms with E-state index in [2.05, 4.69) is 18.2 Å². The SMILES string of the molecule is CC=CCC(C(=O)O)c1ccc(OCc2cccc(C3=CCC(O)CC3)c2)cc1. The van der Waals surface area contributed by atoms with Crippen LogP contribution in [0, 0.1) is 0 Å². The van der Waals surface area contributed by atoms with E-state index in [1.807, 2.05) is 55.5 Å². The Kier molecular flexibility index (Phi) is 7.25. The van der Waals surface area contributed by atoms with Crippen LogP contribution in [0.5, 0.6) is 5.75 Å². The van der Waals surface area contributed by atoms with Gasteiger partial charge in [0.25, 0.3) is 0 Å². The van der Waals surface area contributed by atoms with E-state index >= 15 is 0 Å². The van der Waals surface area contributed by atoms with Gasteiger partial charge in [0.15, 0.2) is 0 Å². The monoisotopic (exact) mass is 392 g/mol. The lowest BCUT2D eigenvalue weighted by Gasteiger charge is -2.18. The molecule has 152 valence electrons. The maximum absolute atomic E-state index is 11.5. The highest BCUT2D eigenvalue weighted by Crippen LogP contribution is 2.28. The summed E-state index contributed by atoms with van der Waals surface area (Å²) in [5.41, 5.74) is 4.32. The van der Waals surface area contributed by atoms with Gasteiger partial charge in [-0.1, -0.05) is 48.6 Å². The van der Waals surface area contributed by atoms with Crippen LogP contribution in [-0.2, 0) is 11.4 Å². The molecule has 4 heteroatoms. The molecule has 0 fully saturated rings. The number of hydrogen-bond acceptors (Lipinski definition) is 3. The highest BCUT2D eigenvalue weighted by Gasteiger charge is 2.18. The van der Waals surface area contributed by atoms with E-state index in [-0.39, 0.29) is 6.10 Å². The molecule has 0 amide bonds. The van der Waals surface area contributed by atoms with Crippen LogP contribution in [0.2, 0.25) is 0 Å². The molecule has 3 rings (SSSR count). The molecule has 0 radical (unpaired) electrons. The molecule has 0 spiro atoms. The van der Waals surface area contributed by atoms with Crippen molar-refractivity contribution >= 4 is 11.5 Å². The summed E-state index contributed by atoms with van der Waals surface area (Å²) in [4.78, 5) is 11.5. The van der Waals surface area contributed by atoms with Crippen molar-refractivity contribution in [3.8, 4) is 5.75 Å². The molecule has 2 N–H and O–H groups in total. The Morgan fingerprint density at radius 3 is 2.69 bits per heavy atom. The second-order valence-electron chi connectivity index (χ2n) is 7.41. The number of aliphatic hydroxyl groups is 1. The lowest BCUT2D eigenvalue weighted by atomic mass is 9.91. The Morgan fingerprint density at radius 1 is 1.24 bits per heavy atom. The Hall–Kier alpha value is -2.85. The first-order valence-electron chi connectivity index (χ1n) is 10.1. The summed E-state index contributed by atoms with van der Waals surface area (Å²) in [6.45, 7) is 2.34. The smallest absolute Gasteiger partial charge is 0.311 e. The minimum Gasteiger partial charge on any atom is -0.489 e. The van der Waals surface area contributed by atoms with E-state index in [9.17, 15) is 15.0 Å². The van der Waals surface area contributed by atoms with Crippen molar-refractivity contribution in [3.63, 3.8) is 0 Å². The summed E-state index contributed by atoms with van der Waals surface area (Å²) in [5, 5.41) is 19.1. The van der Waals surface area contributed by atoms with Crippen LogP contribution in [0.1, 0.15) is 55.2 Å². The normalized spacial score (nSPS) is 17.7. The van der Waals surface area contributed by atoms with E-state index in [4.69, 9.17) is 4.74 Å². The number of rotatable bonds is 8. The van der Waals surface area contributed by atoms with E-state index < -0.39 is 11.9 Å². The molecule has 2 aromatic carbocycles. The van der Waals surface area contributed by atoms with Gasteiger partial charge in [0.05, 0.1) is 12.0 Å². The van der Waals surface area contributed by atoms with Gasteiger partial charge >= 0.3 is 5.97 Å². The van der Waals surface area contributed by atoms with Gasteiger partial charge in [0.2, 0.25) is 0 Å². The standard InChI is InChI=1S/C25H28O4/c1-2-3-7-24(25(27)28)20-10-14-23(15-11-20)29-17-18-5-4-6-21(16-18)19-8-12-22(26)13-9-19/h2-6,8,10-11,14-16,22,24,26H,7,9,12-13,17H2,1H3,(H,27,28). The lowest BCUT2D eigenvalue weighted by molar-refractivity contribution is -0.138. The maximum Gasteiger partial charge on any atom is 0.311 e. The van der Waals surface area contributed by atoms with Crippen LogP contribution in [0.3, 0.4) is 0 Å². The first kappa shape index (κ1) is 20.9. The predicted octanol–water partition coefficient (Wildman–Crippen LogP) is 5.33. The first-order valence-corrected chi connectivity index (χ1v) is 10.1. The molecule has 0 saturated carbocycles. The molecule has 1 aliphatic rings. The van der Waals surface area contributed by atoms with Crippen LogP contribution in [-0.4, -0.2) is 22.3 Å². The second kappa shape index (κ2) is 10.1. The Balaban J connectivity index is 1.63.